The fourth-order valence-corrected chi connectivity index (χ4v) is 1.78. The summed E-state index contributed by atoms with van der Waals surface area (Å²) < 4.78 is 1.32. The van der Waals surface area contributed by atoms with Gasteiger partial charge in [0.2, 0.25) is 0 Å². The van der Waals surface area contributed by atoms with Crippen molar-refractivity contribution in [2.24, 2.45) is 5.73 Å². The number of nitrogens with two attached hydrogens (primary N) is 1. The van der Waals surface area contributed by atoms with Gasteiger partial charge in [-0.3, -0.25) is 14.9 Å². The molecule has 0 atom stereocenters. The van der Waals surface area contributed by atoms with Gasteiger partial charge in [0.05, 0.1) is 10.6 Å². The summed E-state index contributed by atoms with van der Waals surface area (Å²) in [6, 6.07) is 9.10. The van der Waals surface area contributed by atoms with Gasteiger partial charge in [-0.1, -0.05) is 12.1 Å². The molecular weight excluding hydrogens is 260 g/mol. The number of aryl methyl sites for hydroxylation is 1. The molecule has 0 unspecified atom stereocenters. The fourth-order valence-electron chi connectivity index (χ4n) is 1.78. The number of non-ortho nitro benzene ring substituents is 1. The van der Waals surface area contributed by atoms with Crippen LogP contribution in [0.1, 0.15) is 6.42 Å². The lowest BCUT2D eigenvalue weighted by Gasteiger charge is -2.06. The molecule has 0 saturated heterocycles. The summed E-state index contributed by atoms with van der Waals surface area (Å²) in [5, 5.41) is 15.0. The molecule has 0 aliphatic rings. The number of benzene rings is 1. The third kappa shape index (κ3) is 3.07. The quantitative estimate of drug-likeness (QED) is 0.651. The van der Waals surface area contributed by atoms with Crippen molar-refractivity contribution in [3.63, 3.8) is 0 Å². The molecule has 1 heterocycles. The van der Waals surface area contributed by atoms with Gasteiger partial charge in [-0.25, -0.2) is 4.68 Å². The molecule has 2 rings (SSSR count). The third-order valence-corrected chi connectivity index (χ3v) is 2.79. The minimum Gasteiger partial charge on any atom is -0.330 e. The second kappa shape index (κ2) is 6.07. The van der Waals surface area contributed by atoms with E-state index < -0.39 is 4.92 Å². The first-order valence-electron chi connectivity index (χ1n) is 6.15. The average Bonchev–Trinajstić information content (AvgIpc) is 2.46. The highest BCUT2D eigenvalue weighted by Gasteiger charge is 2.09. The second-order valence-electron chi connectivity index (χ2n) is 4.23. The number of hydrogen-bond acceptors (Lipinski definition) is 5. The summed E-state index contributed by atoms with van der Waals surface area (Å²) in [7, 11) is 0. The Morgan fingerprint density at radius 1 is 1.30 bits per heavy atom. The first kappa shape index (κ1) is 13.9. The Labute approximate surface area is 114 Å². The molecule has 0 saturated carbocycles. The molecule has 0 aliphatic heterocycles. The normalized spacial score (nSPS) is 10.4. The van der Waals surface area contributed by atoms with Crippen molar-refractivity contribution in [1.82, 2.24) is 9.78 Å². The SMILES string of the molecule is NCCCn1nc(-c2cccc([N+](=O)[O-])c2)ccc1=O. The largest absolute Gasteiger partial charge is 0.330 e. The smallest absolute Gasteiger partial charge is 0.270 e. The third-order valence-electron chi connectivity index (χ3n) is 2.79. The van der Waals surface area contributed by atoms with Gasteiger partial charge in [-0.15, -0.1) is 0 Å². The first-order valence-corrected chi connectivity index (χ1v) is 6.15. The molecular formula is C13H14N4O3. The molecule has 0 spiro atoms. The molecule has 7 nitrogen and oxygen atoms in total. The van der Waals surface area contributed by atoms with Gasteiger partial charge in [-0.2, -0.15) is 5.10 Å². The van der Waals surface area contributed by atoms with Crippen molar-refractivity contribution in [3.05, 3.63) is 56.9 Å². The summed E-state index contributed by atoms with van der Waals surface area (Å²) in [6.45, 7) is 0.896. The van der Waals surface area contributed by atoms with Crippen LogP contribution in [0.4, 0.5) is 5.69 Å². The number of aromatic nitrogens is 2. The molecule has 0 radical (unpaired) electrons. The van der Waals surface area contributed by atoms with Crippen LogP contribution in [-0.2, 0) is 6.54 Å². The Bertz CT molecular complexity index is 681. The van der Waals surface area contributed by atoms with Gasteiger partial charge in [0.25, 0.3) is 11.2 Å². The number of nitro groups is 1. The van der Waals surface area contributed by atoms with Crippen molar-refractivity contribution in [2.75, 3.05) is 6.54 Å². The monoisotopic (exact) mass is 274 g/mol. The molecule has 2 aromatic rings. The topological polar surface area (TPSA) is 104 Å². The molecule has 1 aromatic carbocycles. The predicted molar refractivity (Wildman–Crippen MR) is 74.3 cm³/mol. The molecule has 0 amide bonds. The Balaban J connectivity index is 2.40. The zero-order valence-corrected chi connectivity index (χ0v) is 10.7. The Kier molecular flexibility index (Phi) is 4.21. The lowest BCUT2D eigenvalue weighted by molar-refractivity contribution is -0.384. The lowest BCUT2D eigenvalue weighted by atomic mass is 10.1. The summed E-state index contributed by atoms with van der Waals surface area (Å²) in [4.78, 5) is 21.9. The Morgan fingerprint density at radius 3 is 2.80 bits per heavy atom. The van der Waals surface area contributed by atoms with Crippen molar-refractivity contribution >= 4 is 5.69 Å². The van der Waals surface area contributed by atoms with E-state index in [1.54, 1.807) is 18.2 Å². The van der Waals surface area contributed by atoms with Gasteiger partial charge < -0.3 is 5.73 Å². The van der Waals surface area contributed by atoms with E-state index in [0.29, 0.717) is 30.8 Å². The summed E-state index contributed by atoms with van der Waals surface area (Å²) in [5.74, 6) is 0. The molecule has 2 N–H and O–H groups in total. The summed E-state index contributed by atoms with van der Waals surface area (Å²) in [6.07, 6.45) is 0.644. The van der Waals surface area contributed by atoms with Crippen LogP contribution in [-0.4, -0.2) is 21.2 Å². The van der Waals surface area contributed by atoms with E-state index in [1.165, 1.54) is 22.9 Å². The van der Waals surface area contributed by atoms with E-state index in [4.69, 9.17) is 5.73 Å². The van der Waals surface area contributed by atoms with Crippen molar-refractivity contribution in [2.45, 2.75) is 13.0 Å². The molecule has 1 aromatic heterocycles. The number of nitro benzene ring substituents is 1. The van der Waals surface area contributed by atoms with Gasteiger partial charge in [0.1, 0.15) is 0 Å². The Morgan fingerprint density at radius 2 is 2.10 bits per heavy atom. The van der Waals surface area contributed by atoms with Crippen LogP contribution in [0, 0.1) is 10.1 Å². The van der Waals surface area contributed by atoms with Crippen LogP contribution in [0.15, 0.2) is 41.2 Å². The lowest BCUT2D eigenvalue weighted by Crippen LogP contribution is -2.23. The average molecular weight is 274 g/mol. The van der Waals surface area contributed by atoms with Gasteiger partial charge in [-0.05, 0) is 19.0 Å². The van der Waals surface area contributed by atoms with Crippen molar-refractivity contribution in [3.8, 4) is 11.3 Å². The molecule has 20 heavy (non-hydrogen) atoms. The Hall–Kier alpha value is -2.54. The van der Waals surface area contributed by atoms with E-state index >= 15 is 0 Å². The number of hydrogen-bond donors (Lipinski definition) is 1. The summed E-state index contributed by atoms with van der Waals surface area (Å²) in [5.41, 5.74) is 6.30. The second-order valence-corrected chi connectivity index (χ2v) is 4.23. The highest BCUT2D eigenvalue weighted by molar-refractivity contribution is 5.61. The van der Waals surface area contributed by atoms with E-state index in [0.717, 1.165) is 0 Å². The van der Waals surface area contributed by atoms with Gasteiger partial charge in [0.15, 0.2) is 0 Å². The van der Waals surface area contributed by atoms with Crippen LogP contribution in [0.3, 0.4) is 0 Å². The first-order chi connectivity index (χ1) is 9.61. The highest BCUT2D eigenvalue weighted by atomic mass is 16.6. The van der Waals surface area contributed by atoms with Crippen LogP contribution >= 0.6 is 0 Å². The fraction of sp³-hybridized carbons (Fsp3) is 0.231. The zero-order valence-electron chi connectivity index (χ0n) is 10.7. The zero-order chi connectivity index (χ0) is 14.5. The molecule has 0 bridgehead atoms. The predicted octanol–water partition coefficient (Wildman–Crippen LogP) is 1.17. The standard InChI is InChI=1S/C13H14N4O3/c14-7-2-8-16-13(18)6-5-12(15-16)10-3-1-4-11(9-10)17(19)20/h1,3-6,9H,2,7-8,14H2. The minimum absolute atomic E-state index is 0.0102. The summed E-state index contributed by atoms with van der Waals surface area (Å²) >= 11 is 0. The maximum atomic E-state index is 11.6. The van der Waals surface area contributed by atoms with Crippen LogP contribution in [0.5, 0.6) is 0 Å². The van der Waals surface area contributed by atoms with Crippen molar-refractivity contribution in [1.29, 1.82) is 0 Å². The van der Waals surface area contributed by atoms with Crippen LogP contribution in [0.25, 0.3) is 11.3 Å². The minimum atomic E-state index is -0.464. The number of nitrogens with zero attached hydrogens (tertiary/aromatic N) is 3. The highest BCUT2D eigenvalue weighted by Crippen LogP contribution is 2.21. The van der Waals surface area contributed by atoms with Gasteiger partial charge in [0, 0.05) is 30.3 Å². The molecule has 0 fully saturated rings. The molecule has 0 aliphatic carbocycles. The molecule has 104 valence electrons. The molecule has 7 heteroatoms. The van der Waals surface area contributed by atoms with Crippen LogP contribution in [0.2, 0.25) is 0 Å². The maximum Gasteiger partial charge on any atom is 0.270 e. The van der Waals surface area contributed by atoms with E-state index in [9.17, 15) is 14.9 Å². The van der Waals surface area contributed by atoms with E-state index in [-0.39, 0.29) is 11.2 Å². The van der Waals surface area contributed by atoms with Crippen molar-refractivity contribution < 1.29 is 4.92 Å². The van der Waals surface area contributed by atoms with Gasteiger partial charge >= 0.3 is 0 Å². The number of rotatable bonds is 5. The maximum absolute atomic E-state index is 11.6. The van der Waals surface area contributed by atoms with E-state index in [1.807, 2.05) is 0 Å². The van der Waals surface area contributed by atoms with E-state index in [2.05, 4.69) is 5.10 Å². The van der Waals surface area contributed by atoms with Crippen LogP contribution < -0.4 is 11.3 Å².